The zero-order valence-corrected chi connectivity index (χ0v) is 8.24. The van der Waals surface area contributed by atoms with Gasteiger partial charge in [-0.2, -0.15) is 0 Å². The van der Waals surface area contributed by atoms with Crippen LogP contribution in [0.15, 0.2) is 27.6 Å². The normalized spacial score (nSPS) is 13.0. The van der Waals surface area contributed by atoms with E-state index in [0.29, 0.717) is 9.37 Å². The molecular formula is C7H6BrO2S-. The quantitative estimate of drug-likeness (QED) is 0.697. The lowest BCUT2D eigenvalue weighted by molar-refractivity contribution is 0.536. The summed E-state index contributed by atoms with van der Waals surface area (Å²) in [4.78, 5) is 0.301. The number of benzene rings is 1. The minimum absolute atomic E-state index is 0.301. The van der Waals surface area contributed by atoms with Crippen LogP contribution in [0.3, 0.4) is 0 Å². The lowest BCUT2D eigenvalue weighted by Gasteiger charge is -2.07. The average Bonchev–Trinajstić information content (AvgIpc) is 1.85. The monoisotopic (exact) mass is 233 g/mol. The maximum absolute atomic E-state index is 10.5. The van der Waals surface area contributed by atoms with Crippen LogP contribution in [0.4, 0.5) is 0 Å². The molecule has 1 unspecified atom stereocenters. The molecule has 0 radical (unpaired) electrons. The molecule has 0 amide bonds. The fourth-order valence-electron chi connectivity index (χ4n) is 0.741. The van der Waals surface area contributed by atoms with Crippen LogP contribution in [0.25, 0.3) is 0 Å². The Hall–Kier alpha value is -0.190. The van der Waals surface area contributed by atoms with E-state index in [0.717, 1.165) is 5.56 Å². The van der Waals surface area contributed by atoms with Crippen molar-refractivity contribution in [3.63, 3.8) is 0 Å². The SMILES string of the molecule is Cc1ccc(S(=O)[O-])c(Br)c1. The first-order chi connectivity index (χ1) is 5.11. The predicted molar refractivity (Wildman–Crippen MR) is 46.1 cm³/mol. The third-order valence-corrected chi connectivity index (χ3v) is 2.90. The van der Waals surface area contributed by atoms with Crippen molar-refractivity contribution >= 4 is 27.0 Å². The van der Waals surface area contributed by atoms with Crippen LogP contribution in [0, 0.1) is 6.92 Å². The first kappa shape index (κ1) is 8.90. The molecule has 11 heavy (non-hydrogen) atoms. The van der Waals surface area contributed by atoms with Crippen molar-refractivity contribution in [3.05, 3.63) is 28.2 Å². The van der Waals surface area contributed by atoms with Gasteiger partial charge in [0.2, 0.25) is 0 Å². The third-order valence-electron chi connectivity index (χ3n) is 1.27. The zero-order chi connectivity index (χ0) is 8.43. The first-order valence-corrected chi connectivity index (χ1v) is 4.83. The van der Waals surface area contributed by atoms with E-state index in [4.69, 9.17) is 0 Å². The van der Waals surface area contributed by atoms with Crippen molar-refractivity contribution in [2.24, 2.45) is 0 Å². The summed E-state index contributed by atoms with van der Waals surface area (Å²) in [6, 6.07) is 5.10. The molecule has 1 atom stereocenters. The standard InChI is InChI=1S/C7H7BrO2S/c1-5-2-3-7(11(9)10)6(8)4-5/h2-4H,1H3,(H,9,10)/p-1. The molecule has 0 aromatic heterocycles. The highest BCUT2D eigenvalue weighted by molar-refractivity contribution is 9.10. The van der Waals surface area contributed by atoms with Crippen LogP contribution >= 0.6 is 15.9 Å². The second-order valence-electron chi connectivity index (χ2n) is 2.17. The highest BCUT2D eigenvalue weighted by atomic mass is 79.9. The molecule has 0 aliphatic carbocycles. The van der Waals surface area contributed by atoms with E-state index in [9.17, 15) is 8.76 Å². The molecule has 0 saturated carbocycles. The van der Waals surface area contributed by atoms with E-state index >= 15 is 0 Å². The maximum Gasteiger partial charge on any atom is 0.0391 e. The van der Waals surface area contributed by atoms with Crippen molar-refractivity contribution in [3.8, 4) is 0 Å². The Kier molecular flexibility index (Phi) is 2.81. The molecule has 0 spiro atoms. The maximum atomic E-state index is 10.5. The third kappa shape index (κ3) is 2.12. The number of hydrogen-bond donors (Lipinski definition) is 0. The van der Waals surface area contributed by atoms with E-state index in [1.54, 1.807) is 18.2 Å². The van der Waals surface area contributed by atoms with E-state index in [1.165, 1.54) is 0 Å². The van der Waals surface area contributed by atoms with Gasteiger partial charge >= 0.3 is 0 Å². The fourth-order valence-corrected chi connectivity index (χ4v) is 2.03. The summed E-state index contributed by atoms with van der Waals surface area (Å²) >= 11 is 1.01. The molecule has 0 fully saturated rings. The van der Waals surface area contributed by atoms with Gasteiger partial charge in [-0.05, 0) is 51.6 Å². The Morgan fingerprint density at radius 1 is 1.55 bits per heavy atom. The molecule has 0 saturated heterocycles. The number of hydrogen-bond acceptors (Lipinski definition) is 2. The van der Waals surface area contributed by atoms with E-state index in [1.807, 2.05) is 6.92 Å². The van der Waals surface area contributed by atoms with Gasteiger partial charge in [0.15, 0.2) is 0 Å². The van der Waals surface area contributed by atoms with E-state index < -0.39 is 11.1 Å². The van der Waals surface area contributed by atoms with E-state index in [2.05, 4.69) is 15.9 Å². The topological polar surface area (TPSA) is 40.1 Å². The summed E-state index contributed by atoms with van der Waals surface area (Å²) < 4.78 is 21.6. The number of rotatable bonds is 1. The van der Waals surface area contributed by atoms with Gasteiger partial charge < -0.3 is 4.55 Å². The smallest absolute Gasteiger partial charge is 0.0391 e. The van der Waals surface area contributed by atoms with Crippen molar-refractivity contribution in [1.82, 2.24) is 0 Å². The highest BCUT2D eigenvalue weighted by Gasteiger charge is 1.98. The Balaban J connectivity index is 3.20. The van der Waals surface area contributed by atoms with Crippen molar-refractivity contribution < 1.29 is 8.76 Å². The van der Waals surface area contributed by atoms with Gasteiger partial charge in [0.25, 0.3) is 0 Å². The minimum Gasteiger partial charge on any atom is -0.768 e. The molecule has 2 nitrogen and oxygen atoms in total. The Bertz CT molecular complexity index is 298. The molecule has 0 N–H and O–H groups in total. The van der Waals surface area contributed by atoms with Gasteiger partial charge in [0.05, 0.1) is 0 Å². The van der Waals surface area contributed by atoms with E-state index in [-0.39, 0.29) is 0 Å². The average molecular weight is 234 g/mol. The molecule has 0 aliphatic heterocycles. The Morgan fingerprint density at radius 2 is 2.18 bits per heavy atom. The Labute approximate surface area is 76.0 Å². The summed E-state index contributed by atoms with van der Waals surface area (Å²) in [5.41, 5.74) is 1.03. The zero-order valence-electron chi connectivity index (χ0n) is 5.83. The van der Waals surface area contributed by atoms with Crippen molar-refractivity contribution in [2.45, 2.75) is 11.8 Å². The fraction of sp³-hybridized carbons (Fsp3) is 0.143. The molecule has 0 heterocycles. The van der Waals surface area contributed by atoms with Crippen LogP contribution in [0.2, 0.25) is 0 Å². The Morgan fingerprint density at radius 3 is 2.64 bits per heavy atom. The van der Waals surface area contributed by atoms with Crippen LogP contribution in [-0.2, 0) is 11.1 Å². The van der Waals surface area contributed by atoms with Crippen LogP contribution < -0.4 is 0 Å². The largest absolute Gasteiger partial charge is 0.768 e. The molecule has 1 rings (SSSR count). The minimum atomic E-state index is -2.15. The second kappa shape index (κ2) is 3.47. The lowest BCUT2D eigenvalue weighted by Crippen LogP contribution is -1.90. The van der Waals surface area contributed by atoms with Gasteiger partial charge in [-0.3, -0.25) is 4.21 Å². The molecule has 60 valence electrons. The van der Waals surface area contributed by atoms with Gasteiger partial charge in [-0.25, -0.2) is 0 Å². The van der Waals surface area contributed by atoms with Crippen LogP contribution in [0.5, 0.6) is 0 Å². The molecule has 1 aromatic rings. The summed E-state index contributed by atoms with van der Waals surface area (Å²) in [5.74, 6) is 0. The summed E-state index contributed by atoms with van der Waals surface area (Å²) in [7, 11) is 0. The number of halogens is 1. The molecule has 4 heteroatoms. The van der Waals surface area contributed by atoms with Gasteiger partial charge in [-0.15, -0.1) is 0 Å². The van der Waals surface area contributed by atoms with Crippen LogP contribution in [-0.4, -0.2) is 8.76 Å². The molecule has 0 aliphatic rings. The van der Waals surface area contributed by atoms with Gasteiger partial charge in [0.1, 0.15) is 0 Å². The molecule has 0 bridgehead atoms. The summed E-state index contributed by atoms with van der Waals surface area (Å²) in [6.07, 6.45) is 0. The summed E-state index contributed by atoms with van der Waals surface area (Å²) in [6.45, 7) is 1.91. The first-order valence-electron chi connectivity index (χ1n) is 2.96. The number of aryl methyl sites for hydroxylation is 1. The molecular weight excluding hydrogens is 228 g/mol. The second-order valence-corrected chi connectivity index (χ2v) is 3.93. The summed E-state index contributed by atoms with van der Waals surface area (Å²) in [5, 5.41) is 0. The van der Waals surface area contributed by atoms with Crippen LogP contribution in [0.1, 0.15) is 5.56 Å². The highest BCUT2D eigenvalue weighted by Crippen LogP contribution is 2.20. The van der Waals surface area contributed by atoms with Crippen molar-refractivity contribution in [2.75, 3.05) is 0 Å². The molecule has 1 aromatic carbocycles. The van der Waals surface area contributed by atoms with Gasteiger partial charge in [0, 0.05) is 9.37 Å². The predicted octanol–water partition coefficient (Wildman–Crippen LogP) is 2.00. The van der Waals surface area contributed by atoms with Gasteiger partial charge in [-0.1, -0.05) is 6.07 Å². The lowest BCUT2D eigenvalue weighted by atomic mass is 10.2. The van der Waals surface area contributed by atoms with Crippen molar-refractivity contribution in [1.29, 1.82) is 0 Å².